The van der Waals surface area contributed by atoms with Crippen LogP contribution in [0.25, 0.3) is 0 Å². The second-order valence-corrected chi connectivity index (χ2v) is 6.76. The summed E-state index contributed by atoms with van der Waals surface area (Å²) in [5.41, 5.74) is 2.36. The Kier molecular flexibility index (Phi) is 5.21. The quantitative estimate of drug-likeness (QED) is 0.537. The van der Waals surface area contributed by atoms with Gasteiger partial charge in [0.05, 0.1) is 5.60 Å². The summed E-state index contributed by atoms with van der Waals surface area (Å²) < 4.78 is 0. The van der Waals surface area contributed by atoms with E-state index in [1.54, 1.807) is 0 Å². The van der Waals surface area contributed by atoms with E-state index < -0.39 is 5.60 Å². The van der Waals surface area contributed by atoms with Gasteiger partial charge < -0.3 is 5.11 Å². The second-order valence-electron chi connectivity index (χ2n) is 6.76. The van der Waals surface area contributed by atoms with Crippen molar-refractivity contribution in [2.75, 3.05) is 0 Å². The van der Waals surface area contributed by atoms with Gasteiger partial charge in [-0.05, 0) is 71.6 Å². The molecule has 1 heteroatoms. The summed E-state index contributed by atoms with van der Waals surface area (Å²) in [5.74, 6) is 0. The maximum atomic E-state index is 10.8. The predicted molar refractivity (Wildman–Crippen MR) is 79.6 cm³/mol. The number of hydrogen-bond donors (Lipinski definition) is 1. The molecular formula is C17H30O. The molecule has 0 bridgehead atoms. The molecule has 0 fully saturated rings. The third kappa shape index (κ3) is 3.98. The summed E-state index contributed by atoms with van der Waals surface area (Å²) in [4.78, 5) is 0. The Bertz CT molecular complexity index is 332. The van der Waals surface area contributed by atoms with Crippen molar-refractivity contribution in [1.82, 2.24) is 0 Å². The van der Waals surface area contributed by atoms with E-state index in [2.05, 4.69) is 39.8 Å². The van der Waals surface area contributed by atoms with Crippen LogP contribution in [-0.4, -0.2) is 10.7 Å². The lowest BCUT2D eigenvalue weighted by Gasteiger charge is -2.45. The monoisotopic (exact) mass is 250 g/mol. The third-order valence-corrected chi connectivity index (χ3v) is 4.69. The van der Waals surface area contributed by atoms with Crippen molar-refractivity contribution in [3.05, 3.63) is 23.3 Å². The first-order chi connectivity index (χ1) is 8.27. The number of allylic oxidation sites excluding steroid dienone is 4. The average Bonchev–Trinajstić information content (AvgIpc) is 2.28. The summed E-state index contributed by atoms with van der Waals surface area (Å²) in [5, 5.41) is 10.8. The van der Waals surface area contributed by atoms with Crippen LogP contribution in [0.2, 0.25) is 0 Å². The highest BCUT2D eigenvalue weighted by Crippen LogP contribution is 2.45. The summed E-state index contributed by atoms with van der Waals surface area (Å²) in [7, 11) is 0. The zero-order chi connectivity index (χ0) is 13.8. The van der Waals surface area contributed by atoms with Crippen LogP contribution in [0.3, 0.4) is 0 Å². The summed E-state index contributed by atoms with van der Waals surface area (Å²) in [6.45, 7) is 10.7. The molecule has 1 nitrogen and oxygen atoms in total. The summed E-state index contributed by atoms with van der Waals surface area (Å²) >= 11 is 0. The van der Waals surface area contributed by atoms with Gasteiger partial charge in [0.25, 0.3) is 0 Å². The molecule has 0 aromatic rings. The van der Waals surface area contributed by atoms with Crippen molar-refractivity contribution in [2.45, 2.75) is 78.7 Å². The Balaban J connectivity index is 2.54. The molecule has 0 aliphatic heterocycles. The van der Waals surface area contributed by atoms with E-state index in [-0.39, 0.29) is 5.41 Å². The van der Waals surface area contributed by atoms with E-state index in [1.807, 2.05) is 6.92 Å². The summed E-state index contributed by atoms with van der Waals surface area (Å²) in [6, 6.07) is 0. The van der Waals surface area contributed by atoms with E-state index in [0.29, 0.717) is 0 Å². The fraction of sp³-hybridized carbons (Fsp3) is 0.765. The van der Waals surface area contributed by atoms with E-state index in [4.69, 9.17) is 0 Å². The van der Waals surface area contributed by atoms with Gasteiger partial charge in [-0.1, -0.05) is 30.2 Å². The SMILES string of the molecule is CC(C)=CCCC[C@](C)(O)[C@@]1(C)CC=C(C)CC1. The molecule has 1 N–H and O–H groups in total. The van der Waals surface area contributed by atoms with Crippen LogP contribution in [0.1, 0.15) is 73.1 Å². The molecular weight excluding hydrogens is 220 g/mol. The van der Waals surface area contributed by atoms with E-state index >= 15 is 0 Å². The van der Waals surface area contributed by atoms with E-state index in [1.165, 1.54) is 11.1 Å². The molecule has 0 aromatic heterocycles. The lowest BCUT2D eigenvalue weighted by molar-refractivity contribution is -0.0738. The number of hydrogen-bond acceptors (Lipinski definition) is 1. The molecule has 0 saturated carbocycles. The molecule has 0 amide bonds. The average molecular weight is 250 g/mol. The molecule has 0 spiro atoms. The second kappa shape index (κ2) is 6.06. The maximum Gasteiger partial charge on any atom is 0.0676 e. The smallest absolute Gasteiger partial charge is 0.0676 e. The summed E-state index contributed by atoms with van der Waals surface area (Å²) in [6.07, 6.45) is 10.9. The highest BCUT2D eigenvalue weighted by molar-refractivity contribution is 5.10. The molecule has 0 radical (unpaired) electrons. The first-order valence-corrected chi connectivity index (χ1v) is 7.28. The first kappa shape index (κ1) is 15.5. The maximum absolute atomic E-state index is 10.8. The van der Waals surface area contributed by atoms with Crippen LogP contribution in [0.15, 0.2) is 23.3 Å². The van der Waals surface area contributed by atoms with Gasteiger partial charge in [0.1, 0.15) is 0 Å². The molecule has 1 aliphatic carbocycles. The number of rotatable bonds is 5. The Hall–Kier alpha value is -0.560. The number of unbranched alkanes of at least 4 members (excludes halogenated alkanes) is 1. The van der Waals surface area contributed by atoms with Crippen molar-refractivity contribution in [3.63, 3.8) is 0 Å². The topological polar surface area (TPSA) is 20.2 Å². The van der Waals surface area contributed by atoms with Gasteiger partial charge in [0, 0.05) is 0 Å². The molecule has 18 heavy (non-hydrogen) atoms. The highest BCUT2D eigenvalue weighted by Gasteiger charge is 2.42. The minimum atomic E-state index is -0.542. The fourth-order valence-electron chi connectivity index (χ4n) is 2.70. The van der Waals surface area contributed by atoms with Gasteiger partial charge in [0.15, 0.2) is 0 Å². The Morgan fingerprint density at radius 1 is 1.50 bits per heavy atom. The van der Waals surface area contributed by atoms with Gasteiger partial charge >= 0.3 is 0 Å². The van der Waals surface area contributed by atoms with Crippen LogP contribution in [0.5, 0.6) is 0 Å². The molecule has 0 unspecified atom stereocenters. The van der Waals surface area contributed by atoms with Gasteiger partial charge in [-0.3, -0.25) is 0 Å². The van der Waals surface area contributed by atoms with Crippen molar-refractivity contribution < 1.29 is 5.11 Å². The lowest BCUT2D eigenvalue weighted by atomic mass is 9.64. The third-order valence-electron chi connectivity index (χ3n) is 4.69. The van der Waals surface area contributed by atoms with Gasteiger partial charge in [-0.25, -0.2) is 0 Å². The molecule has 1 rings (SSSR count). The van der Waals surface area contributed by atoms with Crippen LogP contribution >= 0.6 is 0 Å². The zero-order valence-corrected chi connectivity index (χ0v) is 12.8. The fourth-order valence-corrected chi connectivity index (χ4v) is 2.70. The van der Waals surface area contributed by atoms with Crippen molar-refractivity contribution in [1.29, 1.82) is 0 Å². The standard InChI is InChI=1S/C17H30O/c1-14(2)8-6-7-11-17(5,18)16(4)12-9-15(3)10-13-16/h8-9,18H,6-7,10-13H2,1-5H3/t16-,17-/m0/s1. The molecule has 104 valence electrons. The van der Waals surface area contributed by atoms with Gasteiger partial charge in [0.2, 0.25) is 0 Å². The molecule has 0 aromatic carbocycles. The lowest BCUT2D eigenvalue weighted by Crippen LogP contribution is -2.44. The molecule has 2 atom stereocenters. The highest BCUT2D eigenvalue weighted by atomic mass is 16.3. The minimum Gasteiger partial charge on any atom is -0.390 e. The minimum absolute atomic E-state index is 0.0531. The Morgan fingerprint density at radius 2 is 2.17 bits per heavy atom. The zero-order valence-electron chi connectivity index (χ0n) is 12.8. The first-order valence-electron chi connectivity index (χ1n) is 7.28. The number of aliphatic hydroxyl groups is 1. The predicted octanol–water partition coefficient (Wildman–Crippen LogP) is 5.01. The van der Waals surface area contributed by atoms with E-state index in [9.17, 15) is 5.11 Å². The van der Waals surface area contributed by atoms with Crippen LogP contribution in [0, 0.1) is 5.41 Å². The van der Waals surface area contributed by atoms with Crippen LogP contribution < -0.4 is 0 Å². The van der Waals surface area contributed by atoms with Crippen molar-refractivity contribution in [2.24, 2.45) is 5.41 Å². The molecule has 1 aliphatic rings. The van der Waals surface area contributed by atoms with Crippen molar-refractivity contribution in [3.8, 4) is 0 Å². The van der Waals surface area contributed by atoms with Crippen LogP contribution in [-0.2, 0) is 0 Å². The van der Waals surface area contributed by atoms with Gasteiger partial charge in [-0.15, -0.1) is 0 Å². The van der Waals surface area contributed by atoms with Crippen LogP contribution in [0.4, 0.5) is 0 Å². The Labute approximate surface area is 113 Å². The van der Waals surface area contributed by atoms with Crippen molar-refractivity contribution >= 4 is 0 Å². The normalized spacial score (nSPS) is 27.3. The van der Waals surface area contributed by atoms with E-state index in [0.717, 1.165) is 38.5 Å². The Morgan fingerprint density at radius 3 is 2.67 bits per heavy atom. The molecule has 0 heterocycles. The molecule has 0 saturated heterocycles. The van der Waals surface area contributed by atoms with Gasteiger partial charge in [-0.2, -0.15) is 0 Å². The largest absolute Gasteiger partial charge is 0.390 e.